The topological polar surface area (TPSA) is 89.6 Å². The second-order valence-corrected chi connectivity index (χ2v) is 4.68. The fraction of sp³-hybridized carbons (Fsp3) is 0.750. The van der Waals surface area contributed by atoms with E-state index >= 15 is 0 Å². The predicted octanol–water partition coefficient (Wildman–Crippen LogP) is 0.00750. The Morgan fingerprint density at radius 2 is 1.75 bits per heavy atom. The summed E-state index contributed by atoms with van der Waals surface area (Å²) in [6.07, 6.45) is 0. The maximum atomic E-state index is 5.76. The maximum Gasteiger partial charge on any atom is 0.232 e. The molecular formula is C12H24N6O2. The van der Waals surface area contributed by atoms with Crippen molar-refractivity contribution in [3.63, 3.8) is 0 Å². The van der Waals surface area contributed by atoms with Crippen molar-refractivity contribution in [2.75, 3.05) is 63.6 Å². The summed E-state index contributed by atoms with van der Waals surface area (Å²) in [4.78, 5) is 16.5. The Labute approximate surface area is 119 Å². The number of nitrogens with two attached hydrogens (primary N) is 1. The predicted molar refractivity (Wildman–Crippen MR) is 79.1 cm³/mol. The highest BCUT2D eigenvalue weighted by Crippen LogP contribution is 2.16. The summed E-state index contributed by atoms with van der Waals surface area (Å²) >= 11 is 0. The molecule has 1 atom stereocenters. The first-order valence-corrected chi connectivity index (χ1v) is 6.43. The molecule has 0 saturated carbocycles. The number of ether oxygens (including phenoxy) is 2. The van der Waals surface area contributed by atoms with E-state index in [4.69, 9.17) is 15.2 Å². The van der Waals surface area contributed by atoms with E-state index in [1.54, 1.807) is 19.1 Å². The minimum atomic E-state index is 0.104. The summed E-state index contributed by atoms with van der Waals surface area (Å²) in [5.74, 6) is 1.26. The Hall–Kier alpha value is -1.67. The van der Waals surface area contributed by atoms with Crippen LogP contribution in [0.1, 0.15) is 6.92 Å². The van der Waals surface area contributed by atoms with Crippen molar-refractivity contribution in [3.05, 3.63) is 0 Å². The van der Waals surface area contributed by atoms with Crippen LogP contribution in [0.3, 0.4) is 0 Å². The number of methoxy groups -OCH3 is 2. The molecule has 20 heavy (non-hydrogen) atoms. The summed E-state index contributed by atoms with van der Waals surface area (Å²) < 4.78 is 10.3. The number of nitrogens with zero attached hydrogens (tertiary/aromatic N) is 5. The Bertz CT molecular complexity index is 415. The highest BCUT2D eigenvalue weighted by Gasteiger charge is 2.19. The Morgan fingerprint density at radius 3 is 2.30 bits per heavy atom. The second-order valence-electron chi connectivity index (χ2n) is 4.68. The quantitative estimate of drug-likeness (QED) is 0.714. The van der Waals surface area contributed by atoms with Gasteiger partial charge in [0.1, 0.15) is 0 Å². The molecule has 0 spiro atoms. The van der Waals surface area contributed by atoms with Crippen molar-refractivity contribution in [3.8, 4) is 0 Å². The second kappa shape index (κ2) is 7.81. The smallest absolute Gasteiger partial charge is 0.232 e. The average Bonchev–Trinajstić information content (AvgIpc) is 2.38. The molecule has 1 unspecified atom stereocenters. The monoisotopic (exact) mass is 284 g/mol. The van der Waals surface area contributed by atoms with Gasteiger partial charge >= 0.3 is 0 Å². The van der Waals surface area contributed by atoms with Crippen molar-refractivity contribution in [2.24, 2.45) is 0 Å². The van der Waals surface area contributed by atoms with Crippen LogP contribution in [0.25, 0.3) is 0 Å². The largest absolute Gasteiger partial charge is 0.383 e. The molecule has 0 bridgehead atoms. The first kappa shape index (κ1) is 16.4. The summed E-state index contributed by atoms with van der Waals surface area (Å²) in [7, 11) is 7.04. The lowest BCUT2D eigenvalue weighted by Crippen LogP contribution is -2.40. The number of anilines is 3. The molecule has 1 heterocycles. The normalized spacial score (nSPS) is 12.2. The van der Waals surface area contributed by atoms with Gasteiger partial charge < -0.3 is 25.0 Å². The van der Waals surface area contributed by atoms with E-state index in [2.05, 4.69) is 15.0 Å². The van der Waals surface area contributed by atoms with Crippen LogP contribution < -0.4 is 15.5 Å². The maximum absolute atomic E-state index is 5.76. The minimum absolute atomic E-state index is 0.104. The zero-order valence-electron chi connectivity index (χ0n) is 12.8. The fourth-order valence-corrected chi connectivity index (χ4v) is 1.74. The number of nitrogen functional groups attached to an aromatic ring is 1. The Balaban J connectivity index is 3.05. The van der Waals surface area contributed by atoms with E-state index < -0.39 is 0 Å². The molecule has 0 aromatic carbocycles. The van der Waals surface area contributed by atoms with Gasteiger partial charge in [0.05, 0.1) is 19.3 Å². The van der Waals surface area contributed by atoms with Crippen molar-refractivity contribution in [1.29, 1.82) is 0 Å². The minimum Gasteiger partial charge on any atom is -0.383 e. The fourth-order valence-electron chi connectivity index (χ4n) is 1.74. The van der Waals surface area contributed by atoms with Gasteiger partial charge in [0.25, 0.3) is 0 Å². The summed E-state index contributed by atoms with van der Waals surface area (Å²) in [5.41, 5.74) is 5.76. The molecular weight excluding hydrogens is 260 g/mol. The van der Waals surface area contributed by atoms with Gasteiger partial charge in [-0.3, -0.25) is 0 Å². The molecule has 8 heteroatoms. The van der Waals surface area contributed by atoms with Gasteiger partial charge in [0.2, 0.25) is 17.8 Å². The molecule has 0 aliphatic heterocycles. The third-order valence-corrected chi connectivity index (χ3v) is 2.76. The molecule has 1 aromatic heterocycles. The van der Waals surface area contributed by atoms with E-state index in [0.717, 1.165) is 0 Å². The number of hydrogen-bond acceptors (Lipinski definition) is 8. The first-order chi connectivity index (χ1) is 9.49. The molecule has 8 nitrogen and oxygen atoms in total. The van der Waals surface area contributed by atoms with Crippen molar-refractivity contribution in [2.45, 2.75) is 13.0 Å². The van der Waals surface area contributed by atoms with Gasteiger partial charge in [0.15, 0.2) is 0 Å². The van der Waals surface area contributed by atoms with E-state index in [1.807, 2.05) is 25.9 Å². The molecule has 114 valence electrons. The van der Waals surface area contributed by atoms with Crippen LogP contribution in [0.15, 0.2) is 0 Å². The number of rotatable bonds is 8. The van der Waals surface area contributed by atoms with Gasteiger partial charge in [-0.05, 0) is 6.92 Å². The van der Waals surface area contributed by atoms with Gasteiger partial charge in [-0.15, -0.1) is 0 Å². The van der Waals surface area contributed by atoms with E-state index in [9.17, 15) is 0 Å². The van der Waals surface area contributed by atoms with E-state index in [1.165, 1.54) is 0 Å². The number of aromatic nitrogens is 3. The van der Waals surface area contributed by atoms with Crippen molar-refractivity contribution in [1.82, 2.24) is 15.0 Å². The first-order valence-electron chi connectivity index (χ1n) is 6.43. The van der Waals surface area contributed by atoms with Gasteiger partial charge in [-0.1, -0.05) is 0 Å². The lowest BCUT2D eigenvalue weighted by atomic mass is 10.3. The Kier molecular flexibility index (Phi) is 6.40. The zero-order valence-corrected chi connectivity index (χ0v) is 12.8. The van der Waals surface area contributed by atoms with Gasteiger partial charge in [-0.25, -0.2) is 0 Å². The Morgan fingerprint density at radius 1 is 1.10 bits per heavy atom. The van der Waals surface area contributed by atoms with E-state index in [0.29, 0.717) is 31.7 Å². The van der Waals surface area contributed by atoms with Gasteiger partial charge in [-0.2, -0.15) is 15.0 Å². The third-order valence-electron chi connectivity index (χ3n) is 2.76. The molecule has 0 amide bonds. The lowest BCUT2D eigenvalue weighted by Gasteiger charge is -2.29. The highest BCUT2D eigenvalue weighted by molar-refractivity contribution is 5.43. The van der Waals surface area contributed by atoms with Crippen molar-refractivity contribution < 1.29 is 9.47 Å². The van der Waals surface area contributed by atoms with Crippen LogP contribution in [0, 0.1) is 0 Å². The molecule has 1 rings (SSSR count). The highest BCUT2D eigenvalue weighted by atomic mass is 16.5. The van der Waals surface area contributed by atoms with Crippen LogP contribution >= 0.6 is 0 Å². The lowest BCUT2D eigenvalue weighted by molar-refractivity contribution is 0.170. The molecule has 0 radical (unpaired) electrons. The van der Waals surface area contributed by atoms with Crippen LogP contribution in [-0.2, 0) is 9.47 Å². The van der Waals surface area contributed by atoms with Crippen LogP contribution in [0.4, 0.5) is 17.8 Å². The molecule has 0 saturated heterocycles. The molecule has 1 aromatic rings. The average molecular weight is 284 g/mol. The summed E-state index contributed by atoms with van der Waals surface area (Å²) in [6.45, 7) is 3.81. The van der Waals surface area contributed by atoms with Crippen LogP contribution in [0.2, 0.25) is 0 Å². The molecule has 2 N–H and O–H groups in total. The zero-order chi connectivity index (χ0) is 15.1. The van der Waals surface area contributed by atoms with Crippen LogP contribution in [0.5, 0.6) is 0 Å². The summed E-state index contributed by atoms with van der Waals surface area (Å²) in [6, 6.07) is 0.104. The molecule has 0 aliphatic carbocycles. The summed E-state index contributed by atoms with van der Waals surface area (Å²) in [5, 5.41) is 0. The third kappa shape index (κ3) is 4.46. The van der Waals surface area contributed by atoms with Crippen LogP contribution in [-0.4, -0.2) is 69.1 Å². The molecule has 0 fully saturated rings. The number of hydrogen-bond donors (Lipinski definition) is 1. The molecule has 0 aliphatic rings. The van der Waals surface area contributed by atoms with E-state index in [-0.39, 0.29) is 12.0 Å². The van der Waals surface area contributed by atoms with Gasteiger partial charge in [0, 0.05) is 34.9 Å². The SMILES string of the molecule is COCCN(c1nc(N)nc(N(C)C)n1)C(C)COC. The van der Waals surface area contributed by atoms with Crippen molar-refractivity contribution >= 4 is 17.8 Å². The standard InChI is InChI=1S/C12H24N6O2/c1-9(8-20-5)18(6-7-19-4)12-15-10(13)14-11(16-12)17(2)3/h9H,6-8H2,1-5H3,(H2,13,14,15,16).